The molecule has 0 aliphatic rings. The second-order valence-corrected chi connectivity index (χ2v) is 5.00. The quantitative estimate of drug-likeness (QED) is 0.850. The number of ether oxygens (including phenoxy) is 1. The molecular weight excluding hydrogens is 273 g/mol. The van der Waals surface area contributed by atoms with Crippen LogP contribution in [0.15, 0.2) is 22.6 Å². The van der Waals surface area contributed by atoms with Gasteiger partial charge in [-0.15, -0.1) is 10.2 Å². The first kappa shape index (κ1) is 15.4. The summed E-state index contributed by atoms with van der Waals surface area (Å²) in [6.07, 6.45) is 0.663. The minimum Gasteiger partial charge on any atom is -0.480 e. The van der Waals surface area contributed by atoms with Crippen LogP contribution in [-0.2, 0) is 19.6 Å². The van der Waals surface area contributed by atoms with Crippen LogP contribution < -0.4 is 10.1 Å². The van der Waals surface area contributed by atoms with Crippen LogP contribution in [0.25, 0.3) is 0 Å². The number of benzene rings is 1. The van der Waals surface area contributed by atoms with Gasteiger partial charge in [-0.05, 0) is 6.07 Å². The Morgan fingerprint density at radius 3 is 2.71 bits per heavy atom. The third kappa shape index (κ3) is 4.26. The van der Waals surface area contributed by atoms with Gasteiger partial charge in [0.25, 0.3) is 5.89 Å². The Morgan fingerprint density at radius 2 is 2.05 bits per heavy atom. The predicted molar refractivity (Wildman–Crippen MR) is 76.4 cm³/mol. The Bertz CT molecular complexity index is 584. The van der Waals surface area contributed by atoms with E-state index in [9.17, 15) is 4.39 Å². The monoisotopic (exact) mass is 293 g/mol. The van der Waals surface area contributed by atoms with Crippen molar-refractivity contribution in [3.05, 3.63) is 41.4 Å². The van der Waals surface area contributed by atoms with Crippen LogP contribution in [0.5, 0.6) is 5.75 Å². The molecule has 6 heteroatoms. The molecule has 0 spiro atoms. The van der Waals surface area contributed by atoms with E-state index in [2.05, 4.69) is 15.5 Å². The molecule has 0 saturated carbocycles. The van der Waals surface area contributed by atoms with Crippen molar-refractivity contribution >= 4 is 0 Å². The van der Waals surface area contributed by atoms with Crippen molar-refractivity contribution in [2.75, 3.05) is 0 Å². The Hall–Kier alpha value is -1.95. The number of hydrogen-bond acceptors (Lipinski definition) is 5. The summed E-state index contributed by atoms with van der Waals surface area (Å²) in [5.41, 5.74) is 0.763. The number of hydrogen-bond donors (Lipinski definition) is 1. The lowest BCUT2D eigenvalue weighted by atomic mass is 10.2. The molecule has 0 amide bonds. The maximum Gasteiger partial charge on any atom is 0.253 e. The van der Waals surface area contributed by atoms with Gasteiger partial charge in [0.2, 0.25) is 5.89 Å². The van der Waals surface area contributed by atoms with E-state index in [1.807, 2.05) is 26.8 Å². The van der Waals surface area contributed by atoms with Crippen molar-refractivity contribution in [2.45, 2.75) is 46.4 Å². The smallest absolute Gasteiger partial charge is 0.253 e. The fourth-order valence-corrected chi connectivity index (χ4v) is 1.79. The van der Waals surface area contributed by atoms with E-state index in [0.717, 1.165) is 5.56 Å². The van der Waals surface area contributed by atoms with Crippen LogP contribution in [0, 0.1) is 5.82 Å². The SMILES string of the molecule is CCc1nnc(COc2c(F)cccc2CNC(C)C)o1. The van der Waals surface area contributed by atoms with Crippen LogP contribution in [-0.4, -0.2) is 16.2 Å². The lowest BCUT2D eigenvalue weighted by Crippen LogP contribution is -2.22. The molecule has 0 bridgehead atoms. The van der Waals surface area contributed by atoms with Crippen LogP contribution in [0.4, 0.5) is 4.39 Å². The van der Waals surface area contributed by atoms with Crippen molar-refractivity contribution < 1.29 is 13.5 Å². The van der Waals surface area contributed by atoms with Crippen LogP contribution in [0.3, 0.4) is 0 Å². The molecule has 2 aromatic rings. The van der Waals surface area contributed by atoms with Crippen LogP contribution in [0.2, 0.25) is 0 Å². The normalized spacial score (nSPS) is 11.1. The van der Waals surface area contributed by atoms with E-state index in [4.69, 9.17) is 9.15 Å². The van der Waals surface area contributed by atoms with Gasteiger partial charge in [0, 0.05) is 24.6 Å². The highest BCUT2D eigenvalue weighted by Crippen LogP contribution is 2.23. The van der Waals surface area contributed by atoms with Gasteiger partial charge in [-0.2, -0.15) is 0 Å². The number of nitrogens with one attached hydrogen (secondary N) is 1. The molecule has 0 unspecified atom stereocenters. The maximum atomic E-state index is 13.9. The molecule has 114 valence electrons. The minimum atomic E-state index is -0.395. The second kappa shape index (κ2) is 7.17. The molecule has 21 heavy (non-hydrogen) atoms. The summed E-state index contributed by atoms with van der Waals surface area (Å²) in [6, 6.07) is 5.18. The molecule has 0 saturated heterocycles. The number of para-hydroxylation sites is 1. The Morgan fingerprint density at radius 1 is 1.29 bits per heavy atom. The van der Waals surface area contributed by atoms with Gasteiger partial charge in [-0.25, -0.2) is 4.39 Å². The van der Waals surface area contributed by atoms with Crippen LogP contribution >= 0.6 is 0 Å². The molecule has 1 N–H and O–H groups in total. The minimum absolute atomic E-state index is 0.0581. The van der Waals surface area contributed by atoms with Crippen molar-refractivity contribution in [2.24, 2.45) is 0 Å². The van der Waals surface area contributed by atoms with Gasteiger partial charge < -0.3 is 14.5 Å². The van der Waals surface area contributed by atoms with E-state index >= 15 is 0 Å². The van der Waals surface area contributed by atoms with Crippen molar-refractivity contribution in [1.82, 2.24) is 15.5 Å². The summed E-state index contributed by atoms with van der Waals surface area (Å²) in [7, 11) is 0. The Balaban J connectivity index is 2.07. The summed E-state index contributed by atoms with van der Waals surface area (Å²) in [4.78, 5) is 0. The number of rotatable bonds is 7. The number of nitrogens with zero attached hydrogens (tertiary/aromatic N) is 2. The molecule has 0 fully saturated rings. The third-order valence-electron chi connectivity index (χ3n) is 2.90. The number of aryl methyl sites for hydroxylation is 1. The summed E-state index contributed by atoms with van der Waals surface area (Å²) in [5.74, 6) is 0.719. The van der Waals surface area contributed by atoms with Crippen LogP contribution in [0.1, 0.15) is 38.1 Å². The fourth-order valence-electron chi connectivity index (χ4n) is 1.79. The molecule has 0 aliphatic carbocycles. The largest absolute Gasteiger partial charge is 0.480 e. The third-order valence-corrected chi connectivity index (χ3v) is 2.90. The standard InChI is InChI=1S/C15H20FN3O2/c1-4-13-18-19-14(21-13)9-20-15-11(8-17-10(2)3)6-5-7-12(15)16/h5-7,10,17H,4,8-9H2,1-3H3. The average Bonchev–Trinajstić information content (AvgIpc) is 2.92. The zero-order valence-corrected chi connectivity index (χ0v) is 12.5. The number of aromatic nitrogens is 2. The molecule has 0 atom stereocenters. The second-order valence-electron chi connectivity index (χ2n) is 5.00. The molecule has 1 aromatic heterocycles. The van der Waals surface area contributed by atoms with Gasteiger partial charge in [-0.3, -0.25) is 0 Å². The average molecular weight is 293 g/mol. The van der Waals surface area contributed by atoms with Gasteiger partial charge in [0.05, 0.1) is 0 Å². The fraction of sp³-hybridized carbons (Fsp3) is 0.467. The lowest BCUT2D eigenvalue weighted by molar-refractivity contribution is 0.245. The lowest BCUT2D eigenvalue weighted by Gasteiger charge is -2.13. The van der Waals surface area contributed by atoms with E-state index in [0.29, 0.717) is 30.8 Å². The van der Waals surface area contributed by atoms with Crippen molar-refractivity contribution in [3.63, 3.8) is 0 Å². The molecule has 1 aromatic carbocycles. The first-order chi connectivity index (χ1) is 10.1. The molecule has 0 aliphatic heterocycles. The molecule has 1 heterocycles. The van der Waals surface area contributed by atoms with Gasteiger partial charge in [0.1, 0.15) is 0 Å². The van der Waals surface area contributed by atoms with E-state index < -0.39 is 5.82 Å². The van der Waals surface area contributed by atoms with E-state index in [1.54, 1.807) is 6.07 Å². The molecule has 2 rings (SSSR count). The molecule has 5 nitrogen and oxygen atoms in total. The molecule has 0 radical (unpaired) electrons. The highest BCUT2D eigenvalue weighted by Gasteiger charge is 2.12. The maximum absolute atomic E-state index is 13.9. The topological polar surface area (TPSA) is 60.2 Å². The van der Waals surface area contributed by atoms with Crippen molar-refractivity contribution in [1.29, 1.82) is 0 Å². The van der Waals surface area contributed by atoms with E-state index in [-0.39, 0.29) is 12.4 Å². The first-order valence-corrected chi connectivity index (χ1v) is 7.05. The number of halogens is 1. The Kier molecular flexibility index (Phi) is 5.27. The van der Waals surface area contributed by atoms with Gasteiger partial charge in [-0.1, -0.05) is 32.9 Å². The highest BCUT2D eigenvalue weighted by atomic mass is 19.1. The summed E-state index contributed by atoms with van der Waals surface area (Å²) < 4.78 is 24.8. The predicted octanol–water partition coefficient (Wildman–Crippen LogP) is 2.85. The van der Waals surface area contributed by atoms with E-state index in [1.165, 1.54) is 6.07 Å². The summed E-state index contributed by atoms with van der Waals surface area (Å²) >= 11 is 0. The van der Waals surface area contributed by atoms with Crippen molar-refractivity contribution in [3.8, 4) is 5.75 Å². The highest BCUT2D eigenvalue weighted by molar-refractivity contribution is 5.35. The zero-order chi connectivity index (χ0) is 15.2. The molecular formula is C15H20FN3O2. The zero-order valence-electron chi connectivity index (χ0n) is 12.5. The summed E-state index contributed by atoms with van der Waals surface area (Å²) in [5, 5.41) is 10.9. The summed E-state index contributed by atoms with van der Waals surface area (Å²) in [6.45, 7) is 6.58. The Labute approximate surface area is 123 Å². The first-order valence-electron chi connectivity index (χ1n) is 7.05. The van der Waals surface area contributed by atoms with Gasteiger partial charge in [0.15, 0.2) is 18.2 Å². The van der Waals surface area contributed by atoms with Gasteiger partial charge >= 0.3 is 0 Å².